The third kappa shape index (κ3) is 2.33. The first kappa shape index (κ1) is 13.2. The van der Waals surface area contributed by atoms with Gasteiger partial charge in [-0.2, -0.15) is 0 Å². The highest BCUT2D eigenvalue weighted by Crippen LogP contribution is 2.38. The zero-order chi connectivity index (χ0) is 14.1. The molecule has 1 saturated heterocycles. The first-order valence-corrected chi connectivity index (χ1v) is 7.07. The maximum atomic E-state index is 11.1. The van der Waals surface area contributed by atoms with Crippen molar-refractivity contribution in [3.8, 4) is 11.5 Å². The molecule has 1 aromatic rings. The van der Waals surface area contributed by atoms with Gasteiger partial charge in [0, 0.05) is 12.6 Å². The average Bonchev–Trinajstić information content (AvgIpc) is 2.95. The molecule has 2 aliphatic rings. The molecule has 0 radical (unpaired) electrons. The molecule has 0 spiro atoms. The number of aryl methyl sites for hydroxylation is 1. The second-order valence-corrected chi connectivity index (χ2v) is 5.28. The Hall–Kier alpha value is -1.75. The number of aliphatic carboxylic acids is 1. The van der Waals surface area contributed by atoms with E-state index >= 15 is 0 Å². The molecule has 2 unspecified atom stereocenters. The molecule has 1 aromatic carbocycles. The predicted octanol–water partition coefficient (Wildman–Crippen LogP) is 1.76. The zero-order valence-electron chi connectivity index (χ0n) is 11.5. The van der Waals surface area contributed by atoms with Crippen molar-refractivity contribution in [1.82, 2.24) is 5.32 Å². The van der Waals surface area contributed by atoms with E-state index in [2.05, 4.69) is 12.2 Å². The highest BCUT2D eigenvalue weighted by molar-refractivity contribution is 5.71. The molecule has 3 rings (SSSR count). The molecule has 5 heteroatoms. The standard InChI is InChI=1S/C15H19NO4/c1-2-9-6-13-14(20-4-3-19-13)7-11(9)12-5-10(8-16-12)15(17)18/h6-7,10,12,16H,2-5,8H2,1H3,(H,17,18). The van der Waals surface area contributed by atoms with Crippen molar-refractivity contribution in [3.63, 3.8) is 0 Å². The number of nitrogens with one attached hydrogen (secondary N) is 1. The summed E-state index contributed by atoms with van der Waals surface area (Å²) in [7, 11) is 0. The Bertz CT molecular complexity index is 529. The molecule has 2 N–H and O–H groups in total. The molecule has 0 saturated carbocycles. The summed E-state index contributed by atoms with van der Waals surface area (Å²) < 4.78 is 11.2. The van der Waals surface area contributed by atoms with Crippen LogP contribution in [0.15, 0.2) is 12.1 Å². The van der Waals surface area contributed by atoms with Crippen molar-refractivity contribution in [2.24, 2.45) is 5.92 Å². The lowest BCUT2D eigenvalue weighted by atomic mass is 9.94. The topological polar surface area (TPSA) is 67.8 Å². The number of hydrogen-bond donors (Lipinski definition) is 2. The van der Waals surface area contributed by atoms with Gasteiger partial charge in [0.05, 0.1) is 5.92 Å². The monoisotopic (exact) mass is 277 g/mol. The summed E-state index contributed by atoms with van der Waals surface area (Å²) in [5, 5.41) is 12.4. The number of fused-ring (bicyclic) bond motifs is 1. The summed E-state index contributed by atoms with van der Waals surface area (Å²) in [5.41, 5.74) is 2.33. The van der Waals surface area contributed by atoms with Crippen LogP contribution < -0.4 is 14.8 Å². The zero-order valence-corrected chi connectivity index (χ0v) is 11.5. The van der Waals surface area contributed by atoms with E-state index in [1.807, 2.05) is 12.1 Å². The minimum atomic E-state index is -0.726. The maximum Gasteiger partial charge on any atom is 0.307 e. The van der Waals surface area contributed by atoms with Gasteiger partial charge in [0.2, 0.25) is 0 Å². The second-order valence-electron chi connectivity index (χ2n) is 5.28. The van der Waals surface area contributed by atoms with Crippen LogP contribution in [0.1, 0.15) is 30.5 Å². The van der Waals surface area contributed by atoms with Crippen LogP contribution in [0.3, 0.4) is 0 Å². The molecule has 108 valence electrons. The first-order valence-electron chi connectivity index (χ1n) is 7.07. The number of hydrogen-bond acceptors (Lipinski definition) is 4. The van der Waals surface area contributed by atoms with Crippen molar-refractivity contribution in [1.29, 1.82) is 0 Å². The molecule has 20 heavy (non-hydrogen) atoms. The lowest BCUT2D eigenvalue weighted by Crippen LogP contribution is -2.19. The molecule has 0 bridgehead atoms. The molecule has 1 fully saturated rings. The molecule has 5 nitrogen and oxygen atoms in total. The van der Waals surface area contributed by atoms with Gasteiger partial charge in [0.15, 0.2) is 11.5 Å². The Morgan fingerprint density at radius 3 is 2.65 bits per heavy atom. The number of benzene rings is 1. The molecule has 0 aliphatic carbocycles. The molecule has 0 amide bonds. The van der Waals surface area contributed by atoms with Crippen LogP contribution in [0.5, 0.6) is 11.5 Å². The Morgan fingerprint density at radius 1 is 1.35 bits per heavy atom. The molecular weight excluding hydrogens is 258 g/mol. The van der Waals surface area contributed by atoms with Crippen LogP contribution in [0.2, 0.25) is 0 Å². The number of carboxylic acids is 1. The Balaban J connectivity index is 1.90. The summed E-state index contributed by atoms with van der Waals surface area (Å²) in [5.74, 6) is 0.530. The van der Waals surface area contributed by atoms with Crippen molar-refractivity contribution < 1.29 is 19.4 Å². The van der Waals surface area contributed by atoms with Gasteiger partial charge in [0.25, 0.3) is 0 Å². The van der Waals surface area contributed by atoms with Gasteiger partial charge in [-0.25, -0.2) is 0 Å². The fraction of sp³-hybridized carbons (Fsp3) is 0.533. The minimum Gasteiger partial charge on any atom is -0.486 e. The summed E-state index contributed by atoms with van der Waals surface area (Å²) in [6, 6.07) is 4.12. The van der Waals surface area contributed by atoms with Crippen molar-refractivity contribution in [3.05, 3.63) is 23.3 Å². The van der Waals surface area contributed by atoms with Gasteiger partial charge < -0.3 is 19.9 Å². The number of carboxylic acid groups (broad SMARTS) is 1. The van der Waals surface area contributed by atoms with Gasteiger partial charge in [0.1, 0.15) is 13.2 Å². The Kier molecular flexibility index (Phi) is 3.53. The summed E-state index contributed by atoms with van der Waals surface area (Å²) in [6.45, 7) is 3.77. The molecular formula is C15H19NO4. The van der Waals surface area contributed by atoms with Gasteiger partial charge in [-0.05, 0) is 36.1 Å². The molecule has 2 atom stereocenters. The van der Waals surface area contributed by atoms with Crippen LogP contribution in [0.25, 0.3) is 0 Å². The fourth-order valence-corrected chi connectivity index (χ4v) is 2.94. The SMILES string of the molecule is CCc1cc2c(cc1C1CC(C(=O)O)CN1)OCCO2. The van der Waals surface area contributed by atoms with E-state index in [9.17, 15) is 4.79 Å². The number of carbonyl (C=O) groups is 1. The van der Waals surface area contributed by atoms with Gasteiger partial charge in [-0.1, -0.05) is 6.92 Å². The summed E-state index contributed by atoms with van der Waals surface area (Å²) >= 11 is 0. The van der Waals surface area contributed by atoms with Gasteiger partial charge >= 0.3 is 5.97 Å². The Morgan fingerprint density at radius 2 is 2.05 bits per heavy atom. The van der Waals surface area contributed by atoms with Crippen molar-refractivity contribution >= 4 is 5.97 Å². The van der Waals surface area contributed by atoms with E-state index in [-0.39, 0.29) is 12.0 Å². The van der Waals surface area contributed by atoms with Crippen LogP contribution in [-0.4, -0.2) is 30.8 Å². The minimum absolute atomic E-state index is 0.0851. The van der Waals surface area contributed by atoms with E-state index in [4.69, 9.17) is 14.6 Å². The molecule has 2 aliphatic heterocycles. The normalized spacial score (nSPS) is 24.6. The van der Waals surface area contributed by atoms with Crippen LogP contribution >= 0.6 is 0 Å². The van der Waals surface area contributed by atoms with Crippen LogP contribution in [-0.2, 0) is 11.2 Å². The maximum absolute atomic E-state index is 11.1. The van der Waals surface area contributed by atoms with E-state index < -0.39 is 5.97 Å². The lowest BCUT2D eigenvalue weighted by Gasteiger charge is -2.23. The molecule has 0 aromatic heterocycles. The Labute approximate surface area is 117 Å². The second kappa shape index (κ2) is 5.32. The van der Waals surface area contributed by atoms with Gasteiger partial charge in [-0.15, -0.1) is 0 Å². The molecule has 2 heterocycles. The summed E-state index contributed by atoms with van der Waals surface area (Å²) in [4.78, 5) is 11.1. The number of rotatable bonds is 3. The lowest BCUT2D eigenvalue weighted by molar-refractivity contribution is -0.141. The largest absolute Gasteiger partial charge is 0.486 e. The van der Waals surface area contributed by atoms with E-state index in [0.29, 0.717) is 26.2 Å². The highest BCUT2D eigenvalue weighted by Gasteiger charge is 2.32. The van der Waals surface area contributed by atoms with Crippen LogP contribution in [0, 0.1) is 5.92 Å². The fourth-order valence-electron chi connectivity index (χ4n) is 2.94. The van der Waals surface area contributed by atoms with Crippen LogP contribution in [0.4, 0.5) is 0 Å². The number of ether oxygens (including phenoxy) is 2. The van der Waals surface area contributed by atoms with E-state index in [0.717, 1.165) is 23.5 Å². The van der Waals surface area contributed by atoms with E-state index in [1.54, 1.807) is 0 Å². The quantitative estimate of drug-likeness (QED) is 0.881. The van der Waals surface area contributed by atoms with Crippen molar-refractivity contribution in [2.75, 3.05) is 19.8 Å². The van der Waals surface area contributed by atoms with Crippen molar-refractivity contribution in [2.45, 2.75) is 25.8 Å². The van der Waals surface area contributed by atoms with Gasteiger partial charge in [-0.3, -0.25) is 4.79 Å². The predicted molar refractivity (Wildman–Crippen MR) is 73.3 cm³/mol. The first-order chi connectivity index (χ1) is 9.69. The smallest absolute Gasteiger partial charge is 0.307 e. The summed E-state index contributed by atoms with van der Waals surface area (Å²) in [6.07, 6.45) is 1.52. The third-order valence-corrected chi connectivity index (χ3v) is 4.04. The van der Waals surface area contributed by atoms with E-state index in [1.165, 1.54) is 5.56 Å². The highest BCUT2D eigenvalue weighted by atomic mass is 16.6. The third-order valence-electron chi connectivity index (χ3n) is 4.04. The average molecular weight is 277 g/mol.